The second-order valence-electron chi connectivity index (χ2n) is 6.63. The van der Waals surface area contributed by atoms with E-state index in [-0.39, 0.29) is 0 Å². The fourth-order valence-electron chi connectivity index (χ4n) is 3.27. The Bertz CT molecular complexity index is 386. The van der Waals surface area contributed by atoms with Crippen LogP contribution in [0.1, 0.15) is 51.9 Å². The molecule has 0 saturated carbocycles. The van der Waals surface area contributed by atoms with Gasteiger partial charge in [-0.05, 0) is 44.7 Å². The van der Waals surface area contributed by atoms with Crippen LogP contribution in [0, 0.1) is 5.92 Å². The van der Waals surface area contributed by atoms with Crippen molar-refractivity contribution in [2.75, 3.05) is 39.3 Å². The van der Waals surface area contributed by atoms with Gasteiger partial charge < -0.3 is 4.90 Å². The van der Waals surface area contributed by atoms with Gasteiger partial charge in [-0.2, -0.15) is 12.7 Å². The van der Waals surface area contributed by atoms with Crippen molar-refractivity contribution in [3.63, 3.8) is 0 Å². The van der Waals surface area contributed by atoms with Gasteiger partial charge in [-0.3, -0.25) is 0 Å². The molecule has 0 aromatic rings. The highest BCUT2D eigenvalue weighted by atomic mass is 32.2. The zero-order valence-electron chi connectivity index (χ0n) is 13.4. The number of likely N-dealkylation sites (tertiary alicyclic amines) is 1. The lowest BCUT2D eigenvalue weighted by molar-refractivity contribution is 0.201. The lowest BCUT2D eigenvalue weighted by Crippen LogP contribution is -2.44. The summed E-state index contributed by atoms with van der Waals surface area (Å²) in [5.41, 5.74) is 0. The fraction of sp³-hybridized carbons (Fsp3) is 1.00. The average molecular weight is 317 g/mol. The first-order valence-corrected chi connectivity index (χ1v) is 9.99. The molecule has 21 heavy (non-hydrogen) atoms. The molecule has 0 aromatic heterocycles. The predicted octanol–water partition coefficient (Wildman–Crippen LogP) is 1.82. The summed E-state index contributed by atoms with van der Waals surface area (Å²) in [4.78, 5) is 2.47. The molecule has 2 saturated heterocycles. The standard InChI is InChI=1S/C15H31N3O2S/c1-15(14-17-9-5-4-6-10-17)13-16-21(19,20)18-11-7-2-3-8-12-18/h15-16H,2-14H2,1H3. The average Bonchev–Trinajstić information content (AvgIpc) is 2.76. The summed E-state index contributed by atoms with van der Waals surface area (Å²) in [5, 5.41) is 0. The fourth-order valence-corrected chi connectivity index (χ4v) is 4.68. The van der Waals surface area contributed by atoms with Crippen LogP contribution in [-0.2, 0) is 10.2 Å². The summed E-state index contributed by atoms with van der Waals surface area (Å²) < 4.78 is 29.1. The predicted molar refractivity (Wildman–Crippen MR) is 86.4 cm³/mol. The highest BCUT2D eigenvalue weighted by Crippen LogP contribution is 2.13. The molecule has 2 rings (SSSR count). The van der Waals surface area contributed by atoms with Gasteiger partial charge in [0.2, 0.25) is 0 Å². The van der Waals surface area contributed by atoms with E-state index >= 15 is 0 Å². The maximum atomic E-state index is 12.3. The number of hydrogen-bond donors (Lipinski definition) is 1. The van der Waals surface area contributed by atoms with Crippen LogP contribution < -0.4 is 4.72 Å². The van der Waals surface area contributed by atoms with E-state index in [1.807, 2.05) is 0 Å². The molecule has 1 N–H and O–H groups in total. The minimum atomic E-state index is -3.28. The van der Waals surface area contributed by atoms with Crippen molar-refractivity contribution in [1.29, 1.82) is 0 Å². The number of piperidine rings is 1. The van der Waals surface area contributed by atoms with Crippen molar-refractivity contribution < 1.29 is 8.42 Å². The minimum absolute atomic E-state index is 0.366. The molecule has 2 fully saturated rings. The zero-order chi connectivity index (χ0) is 15.1. The molecule has 0 spiro atoms. The second kappa shape index (κ2) is 8.46. The van der Waals surface area contributed by atoms with Crippen LogP contribution in [0.15, 0.2) is 0 Å². The first kappa shape index (κ1) is 17.2. The smallest absolute Gasteiger partial charge is 0.279 e. The molecule has 2 aliphatic heterocycles. The maximum Gasteiger partial charge on any atom is 0.279 e. The lowest BCUT2D eigenvalue weighted by Gasteiger charge is -2.29. The molecule has 124 valence electrons. The van der Waals surface area contributed by atoms with Crippen LogP contribution in [0.2, 0.25) is 0 Å². The topological polar surface area (TPSA) is 52.7 Å². The molecule has 0 bridgehead atoms. The normalized spacial score (nSPS) is 24.6. The molecular weight excluding hydrogens is 286 g/mol. The summed E-state index contributed by atoms with van der Waals surface area (Å²) in [6.45, 7) is 7.38. The molecule has 0 aromatic carbocycles. The van der Waals surface area contributed by atoms with Crippen LogP contribution >= 0.6 is 0 Å². The van der Waals surface area contributed by atoms with E-state index in [0.29, 0.717) is 25.6 Å². The van der Waals surface area contributed by atoms with Crippen molar-refractivity contribution >= 4 is 10.2 Å². The molecule has 1 unspecified atom stereocenters. The van der Waals surface area contributed by atoms with Gasteiger partial charge in [-0.25, -0.2) is 4.72 Å². The number of nitrogens with zero attached hydrogens (tertiary/aromatic N) is 2. The van der Waals surface area contributed by atoms with E-state index < -0.39 is 10.2 Å². The molecule has 0 aliphatic carbocycles. The molecule has 2 aliphatic rings. The molecular formula is C15H31N3O2S. The summed E-state index contributed by atoms with van der Waals surface area (Å²) in [7, 11) is -3.28. The van der Waals surface area contributed by atoms with Crippen molar-refractivity contribution in [2.45, 2.75) is 51.9 Å². The lowest BCUT2D eigenvalue weighted by atomic mass is 10.1. The first-order valence-electron chi connectivity index (χ1n) is 8.55. The van der Waals surface area contributed by atoms with Crippen LogP contribution in [0.25, 0.3) is 0 Å². The Morgan fingerprint density at radius 2 is 1.43 bits per heavy atom. The highest BCUT2D eigenvalue weighted by molar-refractivity contribution is 7.87. The largest absolute Gasteiger partial charge is 0.303 e. The summed E-state index contributed by atoms with van der Waals surface area (Å²) in [5.74, 6) is 0.366. The van der Waals surface area contributed by atoms with E-state index in [0.717, 1.165) is 32.2 Å². The maximum absolute atomic E-state index is 12.3. The Labute approximate surface area is 130 Å². The minimum Gasteiger partial charge on any atom is -0.303 e. The molecule has 0 amide bonds. The van der Waals surface area contributed by atoms with Gasteiger partial charge in [0.05, 0.1) is 0 Å². The molecule has 0 radical (unpaired) electrons. The third kappa shape index (κ3) is 5.85. The van der Waals surface area contributed by atoms with E-state index in [1.54, 1.807) is 4.31 Å². The van der Waals surface area contributed by atoms with Crippen molar-refractivity contribution in [2.24, 2.45) is 5.92 Å². The summed E-state index contributed by atoms with van der Waals surface area (Å²) >= 11 is 0. The second-order valence-corrected chi connectivity index (χ2v) is 8.39. The van der Waals surface area contributed by atoms with Crippen LogP contribution in [0.5, 0.6) is 0 Å². The van der Waals surface area contributed by atoms with Crippen molar-refractivity contribution in [3.8, 4) is 0 Å². The Morgan fingerprint density at radius 3 is 2.05 bits per heavy atom. The Hall–Kier alpha value is -0.170. The van der Waals surface area contributed by atoms with E-state index in [2.05, 4.69) is 16.5 Å². The third-order valence-corrected chi connectivity index (χ3v) is 6.11. The Balaban J connectivity index is 1.74. The van der Waals surface area contributed by atoms with Crippen LogP contribution in [0.3, 0.4) is 0 Å². The van der Waals surface area contributed by atoms with Gasteiger partial charge in [-0.1, -0.05) is 26.2 Å². The number of hydrogen-bond acceptors (Lipinski definition) is 3. The van der Waals surface area contributed by atoms with Gasteiger partial charge in [0, 0.05) is 26.2 Å². The van der Waals surface area contributed by atoms with Gasteiger partial charge >= 0.3 is 0 Å². The quantitative estimate of drug-likeness (QED) is 0.813. The van der Waals surface area contributed by atoms with Crippen LogP contribution in [-0.4, -0.2) is 56.9 Å². The van der Waals surface area contributed by atoms with E-state index in [4.69, 9.17) is 0 Å². The van der Waals surface area contributed by atoms with Gasteiger partial charge in [0.15, 0.2) is 0 Å². The molecule has 1 atom stereocenters. The first-order chi connectivity index (χ1) is 10.1. The number of rotatable bonds is 6. The summed E-state index contributed by atoms with van der Waals surface area (Å²) in [6.07, 6.45) is 8.19. The van der Waals surface area contributed by atoms with Crippen molar-refractivity contribution in [1.82, 2.24) is 13.9 Å². The number of nitrogens with one attached hydrogen (secondary N) is 1. The van der Waals surface area contributed by atoms with Crippen molar-refractivity contribution in [3.05, 3.63) is 0 Å². The molecule has 5 nitrogen and oxygen atoms in total. The third-order valence-electron chi connectivity index (χ3n) is 4.54. The molecule has 2 heterocycles. The highest BCUT2D eigenvalue weighted by Gasteiger charge is 2.23. The van der Waals surface area contributed by atoms with Gasteiger partial charge in [0.1, 0.15) is 0 Å². The monoisotopic (exact) mass is 317 g/mol. The van der Waals surface area contributed by atoms with Gasteiger partial charge in [-0.15, -0.1) is 0 Å². The summed E-state index contributed by atoms with van der Waals surface area (Å²) in [6, 6.07) is 0. The van der Waals surface area contributed by atoms with Gasteiger partial charge in [0.25, 0.3) is 10.2 Å². The Kier molecular flexibility index (Phi) is 6.92. The molecule has 6 heteroatoms. The zero-order valence-corrected chi connectivity index (χ0v) is 14.2. The van der Waals surface area contributed by atoms with Crippen LogP contribution in [0.4, 0.5) is 0 Å². The van der Waals surface area contributed by atoms with E-state index in [1.165, 1.54) is 32.4 Å². The SMILES string of the molecule is CC(CNS(=O)(=O)N1CCCCCC1)CN1CCCCC1. The van der Waals surface area contributed by atoms with E-state index in [9.17, 15) is 8.42 Å². The Morgan fingerprint density at radius 1 is 0.905 bits per heavy atom.